The lowest BCUT2D eigenvalue weighted by molar-refractivity contribution is -0.117. The van der Waals surface area contributed by atoms with Crippen molar-refractivity contribution in [1.82, 2.24) is 4.90 Å². The second-order valence-electron chi connectivity index (χ2n) is 5.92. The average Bonchev–Trinajstić information content (AvgIpc) is 3.00. The second kappa shape index (κ2) is 6.76. The summed E-state index contributed by atoms with van der Waals surface area (Å²) in [5.41, 5.74) is 0.997. The topological polar surface area (TPSA) is 76.0 Å². The van der Waals surface area contributed by atoms with E-state index in [1.807, 2.05) is 29.2 Å². The molecule has 0 spiro atoms. The van der Waals surface area contributed by atoms with Crippen LogP contribution in [0.15, 0.2) is 29.3 Å². The molecule has 2 aliphatic heterocycles. The number of fused-ring (bicyclic) bond motifs is 1. The van der Waals surface area contributed by atoms with E-state index < -0.39 is 9.84 Å². The van der Waals surface area contributed by atoms with Gasteiger partial charge in [0.25, 0.3) is 0 Å². The molecule has 24 heavy (non-hydrogen) atoms. The normalized spacial score (nSPS) is 26.6. The number of amides is 1. The summed E-state index contributed by atoms with van der Waals surface area (Å²) >= 11 is 1.41. The molecule has 0 aromatic heterocycles. The number of thioether (sulfide) groups is 1. The monoisotopic (exact) mass is 368 g/mol. The van der Waals surface area contributed by atoms with Gasteiger partial charge in [-0.25, -0.2) is 8.42 Å². The Morgan fingerprint density at radius 1 is 1.42 bits per heavy atom. The van der Waals surface area contributed by atoms with Gasteiger partial charge in [0.2, 0.25) is 5.91 Å². The van der Waals surface area contributed by atoms with Crippen molar-refractivity contribution in [1.29, 1.82) is 0 Å². The van der Waals surface area contributed by atoms with Gasteiger partial charge in [0.1, 0.15) is 5.75 Å². The highest BCUT2D eigenvalue weighted by Gasteiger charge is 2.48. The zero-order valence-corrected chi connectivity index (χ0v) is 15.3. The molecule has 1 amide bonds. The number of rotatable bonds is 4. The van der Waals surface area contributed by atoms with E-state index in [0.717, 1.165) is 11.3 Å². The van der Waals surface area contributed by atoms with Crippen LogP contribution in [-0.4, -0.2) is 54.3 Å². The molecule has 0 N–H and O–H groups in total. The van der Waals surface area contributed by atoms with Gasteiger partial charge in [-0.15, -0.1) is 0 Å². The number of methoxy groups -OCH3 is 1. The highest BCUT2D eigenvalue weighted by Crippen LogP contribution is 2.39. The molecule has 8 heteroatoms. The number of hydrogen-bond donors (Lipinski definition) is 0. The molecule has 0 bridgehead atoms. The Hall–Kier alpha value is -1.54. The lowest BCUT2D eigenvalue weighted by atomic mass is 10.1. The summed E-state index contributed by atoms with van der Waals surface area (Å²) in [7, 11) is -1.42. The summed E-state index contributed by atoms with van der Waals surface area (Å²) in [5.74, 6) is 0.832. The maximum atomic E-state index is 12.0. The van der Waals surface area contributed by atoms with Crippen molar-refractivity contribution < 1.29 is 17.9 Å². The highest BCUT2D eigenvalue weighted by atomic mass is 32.2. The minimum Gasteiger partial charge on any atom is -0.497 e. The van der Waals surface area contributed by atoms with Gasteiger partial charge in [-0.05, 0) is 17.7 Å². The van der Waals surface area contributed by atoms with Crippen LogP contribution in [0.1, 0.15) is 18.9 Å². The van der Waals surface area contributed by atoms with Crippen LogP contribution in [0.4, 0.5) is 0 Å². The summed E-state index contributed by atoms with van der Waals surface area (Å²) in [4.78, 5) is 17.9. The minimum absolute atomic E-state index is 0.0518. The van der Waals surface area contributed by atoms with E-state index in [0.29, 0.717) is 18.1 Å². The van der Waals surface area contributed by atoms with Crippen LogP contribution in [0.2, 0.25) is 0 Å². The van der Waals surface area contributed by atoms with E-state index in [-0.39, 0.29) is 28.7 Å². The van der Waals surface area contributed by atoms with Crippen LogP contribution < -0.4 is 4.74 Å². The van der Waals surface area contributed by atoms with Gasteiger partial charge in [0.15, 0.2) is 15.0 Å². The predicted molar refractivity (Wildman–Crippen MR) is 95.1 cm³/mol. The molecule has 2 heterocycles. The molecule has 6 nitrogen and oxygen atoms in total. The van der Waals surface area contributed by atoms with Crippen molar-refractivity contribution >= 4 is 32.7 Å². The van der Waals surface area contributed by atoms with Gasteiger partial charge < -0.3 is 9.64 Å². The molecule has 3 rings (SSSR count). The van der Waals surface area contributed by atoms with Crippen LogP contribution in [0, 0.1) is 0 Å². The third-order valence-electron chi connectivity index (χ3n) is 4.18. The van der Waals surface area contributed by atoms with Gasteiger partial charge in [0.05, 0.1) is 24.7 Å². The molecule has 0 saturated carbocycles. The van der Waals surface area contributed by atoms with E-state index in [1.54, 1.807) is 14.0 Å². The van der Waals surface area contributed by atoms with E-state index in [1.165, 1.54) is 11.8 Å². The molecule has 130 valence electrons. The number of carbonyl (C=O) groups excluding carboxylic acids is 1. The van der Waals surface area contributed by atoms with Gasteiger partial charge >= 0.3 is 0 Å². The first-order valence-corrected chi connectivity index (χ1v) is 10.5. The van der Waals surface area contributed by atoms with Crippen LogP contribution in [0.3, 0.4) is 0 Å². The molecule has 2 aliphatic rings. The Labute approximate surface area is 146 Å². The number of carbonyl (C=O) groups is 1. The summed E-state index contributed by atoms with van der Waals surface area (Å²) in [6, 6.07) is 7.51. The summed E-state index contributed by atoms with van der Waals surface area (Å²) in [6.45, 7) is 2.28. The maximum Gasteiger partial charge on any atom is 0.247 e. The Morgan fingerprint density at radius 2 is 2.21 bits per heavy atom. The van der Waals surface area contributed by atoms with E-state index in [9.17, 15) is 13.2 Å². The van der Waals surface area contributed by atoms with Crippen molar-refractivity contribution in [2.24, 2.45) is 4.99 Å². The Balaban J connectivity index is 1.89. The molecular weight excluding hydrogens is 348 g/mol. The van der Waals surface area contributed by atoms with Gasteiger partial charge in [-0.2, -0.15) is 4.99 Å². The number of hydrogen-bond acceptors (Lipinski definition) is 5. The third-order valence-corrected chi connectivity index (χ3v) is 7.43. The van der Waals surface area contributed by atoms with Gasteiger partial charge in [-0.1, -0.05) is 30.8 Å². The molecule has 2 unspecified atom stereocenters. The van der Waals surface area contributed by atoms with E-state index in [2.05, 4.69) is 4.99 Å². The molecule has 2 atom stereocenters. The van der Waals surface area contributed by atoms with Crippen molar-refractivity contribution in [2.75, 3.05) is 18.6 Å². The first-order chi connectivity index (χ1) is 11.4. The van der Waals surface area contributed by atoms with Crippen LogP contribution in [0.25, 0.3) is 0 Å². The van der Waals surface area contributed by atoms with Crippen molar-refractivity contribution in [3.8, 4) is 5.75 Å². The quantitative estimate of drug-likeness (QED) is 0.805. The zero-order chi connectivity index (χ0) is 17.3. The Morgan fingerprint density at radius 3 is 2.92 bits per heavy atom. The Kier molecular flexibility index (Phi) is 4.87. The molecule has 2 fully saturated rings. The first kappa shape index (κ1) is 17.3. The van der Waals surface area contributed by atoms with Crippen LogP contribution >= 0.6 is 11.8 Å². The molecule has 1 aromatic carbocycles. The van der Waals surface area contributed by atoms with Crippen LogP contribution in [-0.2, 0) is 21.2 Å². The first-order valence-electron chi connectivity index (χ1n) is 7.80. The van der Waals surface area contributed by atoms with Crippen LogP contribution in [0.5, 0.6) is 5.75 Å². The molecule has 0 aliphatic carbocycles. The van der Waals surface area contributed by atoms with E-state index >= 15 is 0 Å². The predicted octanol–water partition coefficient (Wildman–Crippen LogP) is 1.70. The fourth-order valence-corrected chi connectivity index (χ4v) is 6.94. The average molecular weight is 368 g/mol. The number of ether oxygens (including phenoxy) is 1. The second-order valence-corrected chi connectivity index (χ2v) is 9.28. The zero-order valence-electron chi connectivity index (χ0n) is 13.6. The Bertz CT molecular complexity index is 776. The smallest absolute Gasteiger partial charge is 0.247 e. The van der Waals surface area contributed by atoms with E-state index in [4.69, 9.17) is 4.74 Å². The number of benzene rings is 1. The third kappa shape index (κ3) is 3.59. The lowest BCUT2D eigenvalue weighted by Crippen LogP contribution is -2.37. The summed E-state index contributed by atoms with van der Waals surface area (Å²) in [6.07, 6.45) is 0.338. The SMILES string of the molecule is CCC(=O)N=C1SC2CS(=O)(=O)CC2N1Cc1cccc(OC)c1. The lowest BCUT2D eigenvalue weighted by Gasteiger charge is -2.24. The largest absolute Gasteiger partial charge is 0.497 e. The van der Waals surface area contributed by atoms with Crippen molar-refractivity contribution in [3.05, 3.63) is 29.8 Å². The fourth-order valence-electron chi connectivity index (χ4n) is 2.97. The highest BCUT2D eigenvalue weighted by molar-refractivity contribution is 8.15. The summed E-state index contributed by atoms with van der Waals surface area (Å²) in [5, 5.41) is 0.582. The molecular formula is C16H20N2O4S2. The fraction of sp³-hybridized carbons (Fsp3) is 0.500. The molecule has 0 radical (unpaired) electrons. The van der Waals surface area contributed by atoms with Gasteiger partial charge in [0, 0.05) is 18.2 Å². The summed E-state index contributed by atoms with van der Waals surface area (Å²) < 4.78 is 29.2. The van der Waals surface area contributed by atoms with Crippen molar-refractivity contribution in [3.63, 3.8) is 0 Å². The number of amidine groups is 1. The minimum atomic E-state index is -3.03. The number of nitrogens with zero attached hydrogens (tertiary/aromatic N) is 2. The van der Waals surface area contributed by atoms with Crippen molar-refractivity contribution in [2.45, 2.75) is 31.2 Å². The number of aliphatic imine (C=N–C) groups is 1. The maximum absolute atomic E-state index is 12.0. The standard InChI is InChI=1S/C16H20N2O4S2/c1-3-15(19)17-16-18(8-11-5-4-6-12(7-11)22-2)13-9-24(20,21)10-14(13)23-16/h4-7,13-14H,3,8-10H2,1-2H3. The molecule has 1 aromatic rings. The molecule has 2 saturated heterocycles. The van der Waals surface area contributed by atoms with Gasteiger partial charge in [-0.3, -0.25) is 4.79 Å². The number of sulfone groups is 1.